The predicted octanol–water partition coefficient (Wildman–Crippen LogP) is 2.82. The van der Waals surface area contributed by atoms with Gasteiger partial charge in [0, 0.05) is 12.6 Å². The van der Waals surface area contributed by atoms with Gasteiger partial charge in [-0.25, -0.2) is 4.79 Å². The second-order valence-electron chi connectivity index (χ2n) is 5.45. The van der Waals surface area contributed by atoms with E-state index < -0.39 is 0 Å². The minimum absolute atomic E-state index is 0.0403. The molecule has 4 heteroatoms. The Kier molecular flexibility index (Phi) is 5.87. The lowest BCUT2D eigenvalue weighted by molar-refractivity contribution is 0.129. The first-order chi connectivity index (χ1) is 9.79. The molecular weight excluding hydrogens is 252 g/mol. The maximum absolute atomic E-state index is 11.8. The molecule has 1 fully saturated rings. The minimum atomic E-state index is -0.366. The van der Waals surface area contributed by atoms with E-state index >= 15 is 0 Å². The topological polar surface area (TPSA) is 64.3 Å². The smallest absolute Gasteiger partial charge is 0.407 e. The van der Waals surface area contributed by atoms with Crippen LogP contribution in [0.2, 0.25) is 0 Å². The van der Waals surface area contributed by atoms with Crippen molar-refractivity contribution in [1.29, 1.82) is 0 Å². The van der Waals surface area contributed by atoms with Crippen molar-refractivity contribution >= 4 is 6.09 Å². The van der Waals surface area contributed by atoms with Crippen LogP contribution in [0.1, 0.15) is 37.7 Å². The average molecular weight is 276 g/mol. The maximum atomic E-state index is 11.8. The Morgan fingerprint density at radius 1 is 1.25 bits per heavy atom. The van der Waals surface area contributed by atoms with Crippen LogP contribution in [-0.2, 0) is 11.3 Å². The third-order valence-electron chi connectivity index (χ3n) is 3.99. The summed E-state index contributed by atoms with van der Waals surface area (Å²) in [5.41, 5.74) is 6.78. The summed E-state index contributed by atoms with van der Waals surface area (Å²) in [7, 11) is 0. The molecule has 3 N–H and O–H groups in total. The number of rotatable bonds is 5. The first-order valence-corrected chi connectivity index (χ1v) is 7.47. The van der Waals surface area contributed by atoms with E-state index in [1.54, 1.807) is 0 Å². The van der Waals surface area contributed by atoms with E-state index in [9.17, 15) is 4.79 Å². The molecule has 0 bridgehead atoms. The van der Waals surface area contributed by atoms with Crippen LogP contribution in [0.4, 0.5) is 4.79 Å². The average Bonchev–Trinajstić information content (AvgIpc) is 2.52. The predicted molar refractivity (Wildman–Crippen MR) is 79.2 cm³/mol. The molecule has 0 heterocycles. The molecule has 1 aliphatic rings. The summed E-state index contributed by atoms with van der Waals surface area (Å²) in [4.78, 5) is 11.8. The van der Waals surface area contributed by atoms with Crippen LogP contribution in [0.3, 0.4) is 0 Å². The Morgan fingerprint density at radius 3 is 2.60 bits per heavy atom. The molecule has 4 nitrogen and oxygen atoms in total. The van der Waals surface area contributed by atoms with Crippen LogP contribution < -0.4 is 11.1 Å². The maximum Gasteiger partial charge on any atom is 0.407 e. The van der Waals surface area contributed by atoms with Crippen LogP contribution in [0.25, 0.3) is 0 Å². The number of ether oxygens (including phenoxy) is 1. The summed E-state index contributed by atoms with van der Waals surface area (Å²) in [5, 5.41) is 2.92. The Balaban J connectivity index is 1.77. The monoisotopic (exact) mass is 276 g/mol. The molecule has 0 aromatic heterocycles. The van der Waals surface area contributed by atoms with E-state index in [1.165, 1.54) is 19.3 Å². The fourth-order valence-corrected chi connectivity index (χ4v) is 2.82. The number of benzene rings is 1. The summed E-state index contributed by atoms with van der Waals surface area (Å²) in [5.74, 6) is 0.498. The summed E-state index contributed by atoms with van der Waals surface area (Å²) in [6.07, 6.45) is 5.72. The zero-order valence-electron chi connectivity index (χ0n) is 11.9. The normalized spacial score (nSPS) is 17.4. The molecule has 1 aliphatic carbocycles. The molecule has 1 aromatic carbocycles. The van der Waals surface area contributed by atoms with Gasteiger partial charge in [0.2, 0.25) is 0 Å². The molecule has 2 rings (SSSR count). The van der Waals surface area contributed by atoms with Crippen molar-refractivity contribution in [3.05, 3.63) is 35.9 Å². The standard InChI is InChI=1S/C16H24N2O2/c17-11-15(14-9-5-2-6-10-14)18-16(19)20-12-13-7-3-1-4-8-13/h1,3-4,7-8,14-15H,2,5-6,9-12,17H2,(H,18,19)/t15-/m0/s1. The zero-order chi connectivity index (χ0) is 14.2. The Hall–Kier alpha value is -1.55. The van der Waals surface area contributed by atoms with Gasteiger partial charge < -0.3 is 15.8 Å². The van der Waals surface area contributed by atoms with E-state index in [-0.39, 0.29) is 12.1 Å². The SMILES string of the molecule is NC[C@H](NC(=O)OCc1ccccc1)C1CCCCC1. The highest BCUT2D eigenvalue weighted by Gasteiger charge is 2.24. The number of hydrogen-bond acceptors (Lipinski definition) is 3. The second kappa shape index (κ2) is 7.90. The van der Waals surface area contributed by atoms with Crippen molar-refractivity contribution in [2.75, 3.05) is 6.54 Å². The van der Waals surface area contributed by atoms with Gasteiger partial charge in [-0.3, -0.25) is 0 Å². The van der Waals surface area contributed by atoms with Crippen LogP contribution in [0.5, 0.6) is 0 Å². The molecule has 20 heavy (non-hydrogen) atoms. The van der Waals surface area contributed by atoms with Crippen molar-refractivity contribution in [3.63, 3.8) is 0 Å². The largest absolute Gasteiger partial charge is 0.445 e. The van der Waals surface area contributed by atoms with Crippen LogP contribution in [0.15, 0.2) is 30.3 Å². The Bertz CT molecular complexity index is 402. The van der Waals surface area contributed by atoms with Crippen LogP contribution in [0, 0.1) is 5.92 Å². The van der Waals surface area contributed by atoms with Gasteiger partial charge in [-0.05, 0) is 24.3 Å². The van der Waals surface area contributed by atoms with Gasteiger partial charge in [0.25, 0.3) is 0 Å². The summed E-state index contributed by atoms with van der Waals surface area (Å²) in [6, 6.07) is 9.72. The van der Waals surface area contributed by atoms with Crippen molar-refractivity contribution in [3.8, 4) is 0 Å². The van der Waals surface area contributed by atoms with Gasteiger partial charge in [0.05, 0.1) is 0 Å². The van der Waals surface area contributed by atoms with E-state index in [0.717, 1.165) is 18.4 Å². The first kappa shape index (κ1) is 14.9. The third-order valence-corrected chi connectivity index (χ3v) is 3.99. The van der Waals surface area contributed by atoms with Gasteiger partial charge in [0.15, 0.2) is 0 Å². The van der Waals surface area contributed by atoms with Crippen LogP contribution >= 0.6 is 0 Å². The Labute approximate surface area is 120 Å². The second-order valence-corrected chi connectivity index (χ2v) is 5.45. The number of carbonyl (C=O) groups is 1. The van der Waals surface area contributed by atoms with Crippen molar-refractivity contribution in [2.24, 2.45) is 11.7 Å². The molecule has 0 radical (unpaired) electrons. The van der Waals surface area contributed by atoms with Crippen LogP contribution in [-0.4, -0.2) is 18.7 Å². The molecule has 1 aromatic rings. The van der Waals surface area contributed by atoms with Gasteiger partial charge in [-0.2, -0.15) is 0 Å². The fourth-order valence-electron chi connectivity index (χ4n) is 2.82. The van der Waals surface area contributed by atoms with Crippen molar-refractivity contribution < 1.29 is 9.53 Å². The number of hydrogen-bond donors (Lipinski definition) is 2. The Morgan fingerprint density at radius 2 is 1.95 bits per heavy atom. The molecule has 1 saturated carbocycles. The van der Waals surface area contributed by atoms with Gasteiger partial charge in [-0.15, -0.1) is 0 Å². The van der Waals surface area contributed by atoms with E-state index in [2.05, 4.69) is 5.32 Å². The number of alkyl carbamates (subject to hydrolysis) is 1. The van der Waals surface area contributed by atoms with E-state index in [1.807, 2.05) is 30.3 Å². The molecule has 0 saturated heterocycles. The van der Waals surface area contributed by atoms with Gasteiger partial charge in [-0.1, -0.05) is 49.6 Å². The molecule has 1 atom stereocenters. The number of amides is 1. The molecule has 1 amide bonds. The molecule has 0 spiro atoms. The first-order valence-electron chi connectivity index (χ1n) is 7.47. The molecular formula is C16H24N2O2. The van der Waals surface area contributed by atoms with Gasteiger partial charge in [0.1, 0.15) is 6.61 Å². The lowest BCUT2D eigenvalue weighted by atomic mass is 9.84. The summed E-state index contributed by atoms with van der Waals surface area (Å²) >= 11 is 0. The van der Waals surface area contributed by atoms with Crippen molar-refractivity contribution in [2.45, 2.75) is 44.8 Å². The van der Waals surface area contributed by atoms with Gasteiger partial charge >= 0.3 is 6.09 Å². The molecule has 110 valence electrons. The highest BCUT2D eigenvalue weighted by molar-refractivity contribution is 5.67. The van der Waals surface area contributed by atoms with Crippen molar-refractivity contribution in [1.82, 2.24) is 5.32 Å². The fraction of sp³-hybridized carbons (Fsp3) is 0.562. The minimum Gasteiger partial charge on any atom is -0.445 e. The van der Waals surface area contributed by atoms with E-state index in [0.29, 0.717) is 19.1 Å². The quantitative estimate of drug-likeness (QED) is 0.869. The lowest BCUT2D eigenvalue weighted by Gasteiger charge is -2.29. The summed E-state index contributed by atoms with van der Waals surface area (Å²) in [6.45, 7) is 0.778. The number of nitrogens with one attached hydrogen (secondary N) is 1. The highest BCUT2D eigenvalue weighted by Crippen LogP contribution is 2.26. The zero-order valence-corrected chi connectivity index (χ0v) is 11.9. The number of nitrogens with two attached hydrogens (primary N) is 1. The number of carbonyl (C=O) groups excluding carboxylic acids is 1. The summed E-state index contributed by atoms with van der Waals surface area (Å²) < 4.78 is 5.25. The highest BCUT2D eigenvalue weighted by atomic mass is 16.5. The molecule has 0 aliphatic heterocycles. The lowest BCUT2D eigenvalue weighted by Crippen LogP contribution is -2.46. The molecule has 0 unspecified atom stereocenters. The third kappa shape index (κ3) is 4.53. The van der Waals surface area contributed by atoms with E-state index in [4.69, 9.17) is 10.5 Å².